The molecule has 0 spiro atoms. The van der Waals surface area contributed by atoms with Crippen LogP contribution in [0.25, 0.3) is 11.3 Å². The van der Waals surface area contributed by atoms with Crippen LogP contribution in [0.3, 0.4) is 0 Å². The predicted octanol–water partition coefficient (Wildman–Crippen LogP) is 3.18. The molecular weight excluding hydrogens is 396 g/mol. The largest absolute Gasteiger partial charge is 0.507 e. The van der Waals surface area contributed by atoms with Gasteiger partial charge >= 0.3 is 5.97 Å². The number of para-hydroxylation sites is 1. The molecule has 1 fully saturated rings. The van der Waals surface area contributed by atoms with E-state index in [-0.39, 0.29) is 23.9 Å². The van der Waals surface area contributed by atoms with Gasteiger partial charge in [-0.3, -0.25) is 0 Å². The molecule has 1 aromatic heterocycles. The molecule has 1 saturated heterocycles. The highest BCUT2D eigenvalue weighted by atomic mass is 16.5. The number of carbonyl (C=O) groups excluding carboxylic acids is 1. The average Bonchev–Trinajstić information content (AvgIpc) is 2.79. The molecule has 0 saturated carbocycles. The Hall–Kier alpha value is -3.65. The van der Waals surface area contributed by atoms with Crippen molar-refractivity contribution in [2.75, 3.05) is 30.8 Å². The van der Waals surface area contributed by atoms with Crippen LogP contribution in [0, 0.1) is 0 Å². The number of benzene rings is 2. The van der Waals surface area contributed by atoms with Crippen LogP contribution < -0.4 is 10.6 Å². The maximum absolute atomic E-state index is 11.7. The minimum absolute atomic E-state index is 0.0554. The molecule has 0 amide bonds. The number of hydrogen-bond acceptors (Lipinski definition) is 8. The molecule has 3 N–H and O–H groups in total. The monoisotopic (exact) mass is 420 g/mol. The molecule has 0 unspecified atom stereocenters. The summed E-state index contributed by atoms with van der Waals surface area (Å²) < 4.78 is 10.9. The molecule has 1 aliphatic rings. The van der Waals surface area contributed by atoms with Crippen LogP contribution in [0.15, 0.2) is 54.6 Å². The highest BCUT2D eigenvalue weighted by Crippen LogP contribution is 2.34. The first-order valence-electron chi connectivity index (χ1n) is 9.96. The number of nitrogen functional groups attached to an aromatic ring is 1. The molecule has 4 rings (SSSR count). The minimum atomic E-state index is -0.376. The number of nitrogens with two attached hydrogens (primary N) is 1. The molecule has 2 atom stereocenters. The van der Waals surface area contributed by atoms with Gasteiger partial charge in [-0.1, -0.05) is 24.3 Å². The number of phenolic OH excluding ortho intramolecular Hbond substituents is 1. The third-order valence-electron chi connectivity index (χ3n) is 5.29. The number of esters is 1. The maximum atomic E-state index is 11.7. The lowest BCUT2D eigenvalue weighted by molar-refractivity contribution is -0.0173. The second-order valence-electron chi connectivity index (χ2n) is 7.47. The first-order valence-corrected chi connectivity index (χ1v) is 9.96. The lowest BCUT2D eigenvalue weighted by Crippen LogP contribution is -2.43. The molecule has 2 aromatic carbocycles. The van der Waals surface area contributed by atoms with E-state index in [4.69, 9.17) is 15.2 Å². The van der Waals surface area contributed by atoms with Gasteiger partial charge in [0.15, 0.2) is 5.82 Å². The summed E-state index contributed by atoms with van der Waals surface area (Å²) in [5.74, 6) is 0.0675. The van der Waals surface area contributed by atoms with E-state index in [1.54, 1.807) is 30.3 Å². The molecular formula is C23H24N4O4. The number of aromatic nitrogens is 2. The third-order valence-corrected chi connectivity index (χ3v) is 5.29. The summed E-state index contributed by atoms with van der Waals surface area (Å²) in [6.45, 7) is 3.18. The summed E-state index contributed by atoms with van der Waals surface area (Å²) in [5, 5.41) is 18.5. The van der Waals surface area contributed by atoms with Crippen molar-refractivity contribution in [2.24, 2.45) is 0 Å². The van der Waals surface area contributed by atoms with Crippen molar-refractivity contribution in [3.8, 4) is 17.0 Å². The molecule has 0 aliphatic carbocycles. The number of aromatic hydroxyl groups is 1. The number of phenols is 1. The van der Waals surface area contributed by atoms with E-state index in [0.29, 0.717) is 35.7 Å². The van der Waals surface area contributed by atoms with Gasteiger partial charge in [0.2, 0.25) is 0 Å². The van der Waals surface area contributed by atoms with Gasteiger partial charge in [0.1, 0.15) is 11.9 Å². The second kappa shape index (κ2) is 8.61. The Kier molecular flexibility index (Phi) is 5.73. The average molecular weight is 420 g/mol. The fraction of sp³-hybridized carbons (Fsp3) is 0.261. The van der Waals surface area contributed by atoms with Crippen LogP contribution in [0.2, 0.25) is 0 Å². The Balaban J connectivity index is 1.62. The summed E-state index contributed by atoms with van der Waals surface area (Å²) in [6, 6.07) is 16.0. The molecule has 8 heteroatoms. The van der Waals surface area contributed by atoms with Crippen molar-refractivity contribution < 1.29 is 19.4 Å². The quantitative estimate of drug-likeness (QED) is 0.619. The highest BCUT2D eigenvalue weighted by molar-refractivity contribution is 5.89. The fourth-order valence-corrected chi connectivity index (χ4v) is 3.75. The van der Waals surface area contributed by atoms with Gasteiger partial charge in [0, 0.05) is 18.7 Å². The number of carbonyl (C=O) groups is 1. The second-order valence-corrected chi connectivity index (χ2v) is 7.47. The summed E-state index contributed by atoms with van der Waals surface area (Å²) >= 11 is 0. The molecule has 3 aromatic rings. The number of anilines is 2. The lowest BCUT2D eigenvalue weighted by atomic mass is 10.0. The predicted molar refractivity (Wildman–Crippen MR) is 117 cm³/mol. The van der Waals surface area contributed by atoms with E-state index in [1.165, 1.54) is 7.11 Å². The Bertz CT molecular complexity index is 1090. The Morgan fingerprint density at radius 3 is 2.61 bits per heavy atom. The molecule has 31 heavy (non-hydrogen) atoms. The smallest absolute Gasteiger partial charge is 0.337 e. The van der Waals surface area contributed by atoms with E-state index in [1.807, 2.05) is 31.2 Å². The standard InChI is InChI=1S/C23H24N4O4/c1-14-12-27(13-21(31-14)15-7-9-16(10-8-15)23(29)30-2)19-11-18(25-26-22(19)24)17-5-3-4-6-20(17)28/h3-11,14,21,28H,12-13H2,1-2H3,(H2,24,26)/t14-,21-/m1/s1. The number of hydrogen-bond donors (Lipinski definition) is 2. The van der Waals surface area contributed by atoms with E-state index >= 15 is 0 Å². The van der Waals surface area contributed by atoms with Gasteiger partial charge in [-0.2, -0.15) is 0 Å². The first kappa shape index (κ1) is 20.6. The summed E-state index contributed by atoms with van der Waals surface area (Å²) in [7, 11) is 1.36. The van der Waals surface area contributed by atoms with Gasteiger partial charge < -0.3 is 25.2 Å². The Labute approximate surface area is 180 Å². The number of rotatable bonds is 4. The minimum Gasteiger partial charge on any atom is -0.507 e. The lowest BCUT2D eigenvalue weighted by Gasteiger charge is -2.38. The highest BCUT2D eigenvalue weighted by Gasteiger charge is 2.28. The zero-order valence-electron chi connectivity index (χ0n) is 17.4. The van der Waals surface area contributed by atoms with Crippen molar-refractivity contribution in [3.63, 3.8) is 0 Å². The normalized spacial score (nSPS) is 18.6. The summed E-state index contributed by atoms with van der Waals surface area (Å²) in [6.07, 6.45) is -0.267. The summed E-state index contributed by atoms with van der Waals surface area (Å²) in [4.78, 5) is 13.8. The van der Waals surface area contributed by atoms with Gasteiger partial charge in [-0.25, -0.2) is 4.79 Å². The van der Waals surface area contributed by atoms with Crippen LogP contribution in [-0.4, -0.2) is 47.6 Å². The molecule has 8 nitrogen and oxygen atoms in total. The van der Waals surface area contributed by atoms with Crippen LogP contribution in [-0.2, 0) is 9.47 Å². The van der Waals surface area contributed by atoms with E-state index in [2.05, 4.69) is 15.1 Å². The van der Waals surface area contributed by atoms with Crippen LogP contribution >= 0.6 is 0 Å². The number of nitrogens with zero attached hydrogens (tertiary/aromatic N) is 3. The molecule has 2 heterocycles. The first-order chi connectivity index (χ1) is 15.0. The molecule has 0 bridgehead atoms. The van der Waals surface area contributed by atoms with Crippen molar-refractivity contribution >= 4 is 17.5 Å². The van der Waals surface area contributed by atoms with Crippen LogP contribution in [0.4, 0.5) is 11.5 Å². The van der Waals surface area contributed by atoms with Crippen LogP contribution in [0.5, 0.6) is 5.75 Å². The maximum Gasteiger partial charge on any atom is 0.337 e. The molecule has 160 valence electrons. The van der Waals surface area contributed by atoms with E-state index in [0.717, 1.165) is 11.3 Å². The van der Waals surface area contributed by atoms with Gasteiger partial charge in [0.05, 0.1) is 30.2 Å². The summed E-state index contributed by atoms with van der Waals surface area (Å²) in [5.41, 5.74) is 9.47. The third kappa shape index (κ3) is 4.29. The van der Waals surface area contributed by atoms with Gasteiger partial charge in [-0.05, 0) is 42.8 Å². The van der Waals surface area contributed by atoms with E-state index in [9.17, 15) is 9.90 Å². The Morgan fingerprint density at radius 2 is 1.90 bits per heavy atom. The fourth-order valence-electron chi connectivity index (χ4n) is 3.75. The zero-order chi connectivity index (χ0) is 22.0. The van der Waals surface area contributed by atoms with Gasteiger partial charge in [0.25, 0.3) is 0 Å². The zero-order valence-corrected chi connectivity index (χ0v) is 17.4. The van der Waals surface area contributed by atoms with E-state index < -0.39 is 0 Å². The Morgan fingerprint density at radius 1 is 1.16 bits per heavy atom. The number of morpholine rings is 1. The van der Waals surface area contributed by atoms with Gasteiger partial charge in [-0.15, -0.1) is 10.2 Å². The SMILES string of the molecule is COC(=O)c1ccc([C@H]2CN(c3cc(-c4ccccc4O)nnc3N)C[C@@H](C)O2)cc1. The van der Waals surface area contributed by atoms with Crippen molar-refractivity contribution in [1.82, 2.24) is 10.2 Å². The van der Waals surface area contributed by atoms with Crippen molar-refractivity contribution in [1.29, 1.82) is 0 Å². The number of ether oxygens (including phenoxy) is 2. The van der Waals surface area contributed by atoms with Crippen LogP contribution in [0.1, 0.15) is 28.9 Å². The molecule has 0 radical (unpaired) electrons. The topological polar surface area (TPSA) is 111 Å². The van der Waals surface area contributed by atoms with Crippen molar-refractivity contribution in [3.05, 3.63) is 65.7 Å². The van der Waals surface area contributed by atoms with Crippen molar-refractivity contribution in [2.45, 2.75) is 19.1 Å². The number of methoxy groups -OCH3 is 1. The molecule has 1 aliphatic heterocycles.